The van der Waals surface area contributed by atoms with Gasteiger partial charge in [-0.05, 0) is 41.7 Å². The number of nitrogens with two attached hydrogens (primary N) is 1. The molecule has 8 rings (SSSR count). The maximum absolute atomic E-state index is 13.6. The van der Waals surface area contributed by atoms with Crippen LogP contribution in [0.2, 0.25) is 0 Å². The number of rotatable bonds is 4. The maximum atomic E-state index is 13.6. The number of hydrogen-bond donors (Lipinski definition) is 1. The topological polar surface area (TPSA) is 101 Å². The first-order valence-corrected chi connectivity index (χ1v) is 13.9. The molecule has 0 unspecified atom stereocenters. The Hall–Kier alpha value is -3.84. The SMILES string of the molecule is C[C@@H]1[C@@H]2CN(C(=O)[C@@H](N)CCC(=O)N3C[C@H]4C[C@@]45C3=CC(=O)c3ccccc35)C3=CC(=O)c4ccccc4[C@@]312. The average molecular weight is 520 g/mol. The summed E-state index contributed by atoms with van der Waals surface area (Å²) in [7, 11) is 0. The monoisotopic (exact) mass is 519 g/mol. The zero-order valence-electron chi connectivity index (χ0n) is 21.7. The molecular weight excluding hydrogens is 490 g/mol. The number of nitrogens with zero attached hydrogens (tertiary/aromatic N) is 2. The zero-order chi connectivity index (χ0) is 26.8. The van der Waals surface area contributed by atoms with Crippen LogP contribution in [0.15, 0.2) is 72.1 Å². The Labute approximate surface area is 226 Å². The molecule has 2 saturated carbocycles. The van der Waals surface area contributed by atoms with Crippen molar-refractivity contribution in [3.8, 4) is 0 Å². The van der Waals surface area contributed by atoms with Gasteiger partial charge in [0.25, 0.3) is 0 Å². The summed E-state index contributed by atoms with van der Waals surface area (Å²) in [4.78, 5) is 56.1. The number of benzene rings is 2. The molecular formula is C32H29N3O4. The fourth-order valence-corrected chi connectivity index (χ4v) is 8.50. The van der Waals surface area contributed by atoms with Crippen LogP contribution in [-0.2, 0) is 20.4 Å². The first kappa shape index (κ1) is 23.1. The highest BCUT2D eigenvalue weighted by Gasteiger charge is 2.73. The van der Waals surface area contributed by atoms with E-state index in [4.69, 9.17) is 5.73 Å². The second kappa shape index (κ2) is 7.42. The van der Waals surface area contributed by atoms with Crippen molar-refractivity contribution in [2.45, 2.75) is 43.1 Å². The van der Waals surface area contributed by atoms with E-state index in [0.717, 1.165) is 40.1 Å². The third kappa shape index (κ3) is 2.71. The summed E-state index contributed by atoms with van der Waals surface area (Å²) in [5.74, 6) is 0.472. The van der Waals surface area contributed by atoms with Crippen LogP contribution in [0.25, 0.3) is 0 Å². The van der Waals surface area contributed by atoms with E-state index in [1.165, 1.54) is 0 Å². The molecule has 7 nitrogen and oxygen atoms in total. The highest BCUT2D eigenvalue weighted by atomic mass is 16.2. The van der Waals surface area contributed by atoms with Crippen LogP contribution in [0.5, 0.6) is 0 Å². The van der Waals surface area contributed by atoms with Crippen molar-refractivity contribution in [2.75, 3.05) is 13.1 Å². The lowest BCUT2D eigenvalue weighted by atomic mass is 9.80. The number of likely N-dealkylation sites (tertiary alicyclic amines) is 2. The Balaban J connectivity index is 0.985. The molecule has 39 heavy (non-hydrogen) atoms. The third-order valence-electron chi connectivity index (χ3n) is 10.5. The molecule has 196 valence electrons. The number of carbonyl (C=O) groups excluding carboxylic acids is 4. The highest BCUT2D eigenvalue weighted by molar-refractivity contribution is 6.10. The number of fused-ring (bicyclic) bond motifs is 2. The number of piperidine rings is 2. The molecule has 2 aromatic carbocycles. The van der Waals surface area contributed by atoms with E-state index in [1.807, 2.05) is 48.5 Å². The fourth-order valence-electron chi connectivity index (χ4n) is 8.50. The Morgan fingerprint density at radius 1 is 0.923 bits per heavy atom. The molecule has 0 radical (unpaired) electrons. The first-order chi connectivity index (χ1) is 18.8. The van der Waals surface area contributed by atoms with Gasteiger partial charge in [-0.2, -0.15) is 0 Å². The number of allylic oxidation sites excluding steroid dienone is 4. The van der Waals surface area contributed by atoms with Gasteiger partial charge in [0.15, 0.2) is 11.6 Å². The second-order valence-corrected chi connectivity index (χ2v) is 12.1. The normalized spacial score (nSPS) is 33.1. The van der Waals surface area contributed by atoms with Crippen molar-refractivity contribution in [3.05, 3.63) is 94.3 Å². The van der Waals surface area contributed by atoms with Gasteiger partial charge in [-0.3, -0.25) is 19.2 Å². The summed E-state index contributed by atoms with van der Waals surface area (Å²) >= 11 is 0. The molecule has 7 heteroatoms. The predicted octanol–water partition coefficient (Wildman–Crippen LogP) is 3.10. The molecule has 6 aliphatic rings. The largest absolute Gasteiger partial charge is 0.320 e. The van der Waals surface area contributed by atoms with Crippen molar-refractivity contribution >= 4 is 23.4 Å². The molecule has 4 fully saturated rings. The van der Waals surface area contributed by atoms with E-state index in [-0.39, 0.29) is 53.0 Å². The van der Waals surface area contributed by atoms with Gasteiger partial charge in [-0.1, -0.05) is 55.5 Å². The van der Waals surface area contributed by atoms with Gasteiger partial charge in [0, 0.05) is 65.0 Å². The number of carbonyl (C=O) groups is 4. The predicted molar refractivity (Wildman–Crippen MR) is 142 cm³/mol. The van der Waals surface area contributed by atoms with E-state index < -0.39 is 6.04 Å². The van der Waals surface area contributed by atoms with Crippen LogP contribution in [0.1, 0.15) is 58.0 Å². The Morgan fingerprint density at radius 3 is 2.31 bits per heavy atom. The van der Waals surface area contributed by atoms with Crippen LogP contribution in [-0.4, -0.2) is 52.3 Å². The number of hydrogen-bond acceptors (Lipinski definition) is 5. The Morgan fingerprint density at radius 2 is 1.56 bits per heavy atom. The quantitative estimate of drug-likeness (QED) is 0.669. The molecule has 0 aromatic heterocycles. The van der Waals surface area contributed by atoms with E-state index in [0.29, 0.717) is 24.9 Å². The van der Waals surface area contributed by atoms with Crippen molar-refractivity contribution < 1.29 is 19.2 Å². The van der Waals surface area contributed by atoms with E-state index in [1.54, 1.807) is 22.0 Å². The molecule has 6 atom stereocenters. The standard InChI is InChI=1S/C32H29N3O4/c1-17-23-16-35(28-13-26(37)20-7-3-5-9-22(20)32(17,23)28)30(39)24(33)10-11-29(38)34-15-18-14-31(18)21-8-4-2-6-19(21)25(36)12-27(31)34/h2-9,12-13,17-18,23-24H,10-11,14-16,33H2,1H3/t17-,18-,23+,24+,31-,32+/m1/s1. The van der Waals surface area contributed by atoms with E-state index in [2.05, 4.69) is 6.92 Å². The fraction of sp³-hybridized carbons (Fsp3) is 0.375. The molecule has 2 spiro atoms. The zero-order valence-corrected chi connectivity index (χ0v) is 21.7. The lowest BCUT2D eigenvalue weighted by Crippen LogP contribution is -2.45. The van der Waals surface area contributed by atoms with E-state index in [9.17, 15) is 19.2 Å². The summed E-state index contributed by atoms with van der Waals surface area (Å²) < 4.78 is 0. The van der Waals surface area contributed by atoms with Gasteiger partial charge < -0.3 is 15.5 Å². The van der Waals surface area contributed by atoms with Gasteiger partial charge in [0.2, 0.25) is 11.8 Å². The van der Waals surface area contributed by atoms with Gasteiger partial charge in [0.1, 0.15) is 0 Å². The number of ketones is 2. The summed E-state index contributed by atoms with van der Waals surface area (Å²) in [6.07, 6.45) is 4.56. The molecule has 0 bridgehead atoms. The summed E-state index contributed by atoms with van der Waals surface area (Å²) in [6.45, 7) is 3.32. The molecule has 2 saturated heterocycles. The van der Waals surface area contributed by atoms with Crippen molar-refractivity contribution in [1.29, 1.82) is 0 Å². The van der Waals surface area contributed by atoms with Crippen LogP contribution in [0, 0.1) is 17.8 Å². The Kier molecular flexibility index (Phi) is 4.39. The smallest absolute Gasteiger partial charge is 0.243 e. The number of amides is 2. The summed E-state index contributed by atoms with van der Waals surface area (Å²) in [6, 6.07) is 14.6. The minimum atomic E-state index is -0.847. The molecule has 2 heterocycles. The van der Waals surface area contributed by atoms with Crippen molar-refractivity contribution in [1.82, 2.24) is 9.80 Å². The molecule has 2 aromatic rings. The molecule has 2 N–H and O–H groups in total. The van der Waals surface area contributed by atoms with Crippen LogP contribution < -0.4 is 5.73 Å². The summed E-state index contributed by atoms with van der Waals surface area (Å²) in [5, 5.41) is 0. The van der Waals surface area contributed by atoms with Crippen molar-refractivity contribution in [3.63, 3.8) is 0 Å². The van der Waals surface area contributed by atoms with Crippen molar-refractivity contribution in [2.24, 2.45) is 23.5 Å². The lowest BCUT2D eigenvalue weighted by Gasteiger charge is -2.32. The van der Waals surface area contributed by atoms with Crippen LogP contribution >= 0.6 is 0 Å². The lowest BCUT2D eigenvalue weighted by molar-refractivity contribution is -0.131. The van der Waals surface area contributed by atoms with Gasteiger partial charge in [0.05, 0.1) is 6.04 Å². The first-order valence-electron chi connectivity index (χ1n) is 13.9. The van der Waals surface area contributed by atoms with Crippen LogP contribution in [0.4, 0.5) is 0 Å². The van der Waals surface area contributed by atoms with Gasteiger partial charge in [-0.15, -0.1) is 0 Å². The van der Waals surface area contributed by atoms with Gasteiger partial charge >= 0.3 is 0 Å². The minimum Gasteiger partial charge on any atom is -0.320 e. The Bertz CT molecular complexity index is 1610. The highest BCUT2D eigenvalue weighted by Crippen LogP contribution is 2.70. The molecule has 2 aliphatic heterocycles. The minimum absolute atomic E-state index is 0.0592. The van der Waals surface area contributed by atoms with Crippen LogP contribution in [0.3, 0.4) is 0 Å². The van der Waals surface area contributed by atoms with E-state index >= 15 is 0 Å². The maximum Gasteiger partial charge on any atom is 0.243 e. The average Bonchev–Trinajstić information content (AvgIpc) is 3.70. The third-order valence-corrected chi connectivity index (χ3v) is 10.5. The molecule has 2 amide bonds. The summed E-state index contributed by atoms with van der Waals surface area (Å²) in [5.41, 5.74) is 11.0. The molecule has 4 aliphatic carbocycles. The van der Waals surface area contributed by atoms with Gasteiger partial charge in [-0.25, -0.2) is 0 Å². The second-order valence-electron chi connectivity index (χ2n) is 12.1.